The molecule has 6 heteroatoms. The van der Waals surface area contributed by atoms with Gasteiger partial charge in [-0.05, 0) is 12.8 Å². The highest BCUT2D eigenvalue weighted by molar-refractivity contribution is 8.14. The molecule has 2 N–H and O–H groups in total. The summed E-state index contributed by atoms with van der Waals surface area (Å²) >= 11 is 1.76. The number of thioether (sulfide) groups is 1. The lowest BCUT2D eigenvalue weighted by atomic mass is 9.96. The summed E-state index contributed by atoms with van der Waals surface area (Å²) in [6, 6.07) is 0. The molecule has 0 atom stereocenters. The van der Waals surface area contributed by atoms with E-state index in [0.717, 1.165) is 23.8 Å². The van der Waals surface area contributed by atoms with Crippen LogP contribution in [0.2, 0.25) is 0 Å². The summed E-state index contributed by atoms with van der Waals surface area (Å²) in [7, 11) is 1.62. The Kier molecular flexibility index (Phi) is 7.23. The van der Waals surface area contributed by atoms with E-state index in [1.54, 1.807) is 18.9 Å². The second-order valence-electron chi connectivity index (χ2n) is 4.68. The van der Waals surface area contributed by atoms with Gasteiger partial charge in [-0.3, -0.25) is 9.79 Å². The zero-order chi connectivity index (χ0) is 14.1. The zero-order valence-corrected chi connectivity index (χ0v) is 12.9. The maximum Gasteiger partial charge on any atom is 0.221 e. The van der Waals surface area contributed by atoms with Crippen LogP contribution in [0, 0.1) is 0 Å². The Hall–Kier alpha value is -0.750. The van der Waals surface area contributed by atoms with E-state index in [1.165, 1.54) is 0 Å². The second kappa shape index (κ2) is 8.43. The van der Waals surface area contributed by atoms with Crippen molar-refractivity contribution < 1.29 is 9.53 Å². The van der Waals surface area contributed by atoms with Crippen LogP contribution in [0.4, 0.5) is 0 Å². The van der Waals surface area contributed by atoms with Gasteiger partial charge >= 0.3 is 0 Å². The van der Waals surface area contributed by atoms with E-state index in [1.807, 2.05) is 0 Å². The third-order valence-corrected chi connectivity index (χ3v) is 4.63. The third-order valence-electron chi connectivity index (χ3n) is 3.43. The lowest BCUT2D eigenvalue weighted by Crippen LogP contribution is -2.42. The van der Waals surface area contributed by atoms with Gasteiger partial charge in [-0.25, -0.2) is 0 Å². The Morgan fingerprint density at radius 2 is 2.26 bits per heavy atom. The quantitative estimate of drug-likeness (QED) is 0.662. The van der Waals surface area contributed by atoms with Crippen LogP contribution in [-0.2, 0) is 9.53 Å². The molecule has 1 aliphatic rings. The van der Waals surface area contributed by atoms with Gasteiger partial charge in [0.15, 0.2) is 5.17 Å². The van der Waals surface area contributed by atoms with E-state index in [0.29, 0.717) is 26.1 Å². The van der Waals surface area contributed by atoms with Gasteiger partial charge in [0, 0.05) is 31.4 Å². The molecule has 0 unspecified atom stereocenters. The molecule has 0 aromatic heterocycles. The lowest BCUT2D eigenvalue weighted by molar-refractivity contribution is -0.121. The first-order chi connectivity index (χ1) is 9.15. The minimum Gasteiger partial charge on any atom is -0.383 e. The number of hydrogen-bond acceptors (Lipinski definition) is 4. The van der Waals surface area contributed by atoms with Crippen molar-refractivity contribution in [3.63, 3.8) is 0 Å². The van der Waals surface area contributed by atoms with Crippen LogP contribution >= 0.6 is 11.8 Å². The average Bonchev–Trinajstić information content (AvgIpc) is 2.83. The average molecular weight is 287 g/mol. The highest BCUT2D eigenvalue weighted by Gasteiger charge is 2.33. The van der Waals surface area contributed by atoms with Gasteiger partial charge in [-0.1, -0.05) is 25.6 Å². The smallest absolute Gasteiger partial charge is 0.221 e. The third kappa shape index (κ3) is 5.40. The van der Waals surface area contributed by atoms with E-state index < -0.39 is 0 Å². The van der Waals surface area contributed by atoms with Gasteiger partial charge in [0.2, 0.25) is 5.91 Å². The fraction of sp³-hybridized carbons (Fsp3) is 0.846. The molecule has 0 saturated carbocycles. The number of amidine groups is 1. The minimum absolute atomic E-state index is 0.0293. The molecule has 0 bridgehead atoms. The Morgan fingerprint density at radius 1 is 1.53 bits per heavy atom. The Balaban J connectivity index is 2.25. The molecule has 5 nitrogen and oxygen atoms in total. The number of nitrogens with zero attached hydrogens (tertiary/aromatic N) is 1. The van der Waals surface area contributed by atoms with Crippen LogP contribution < -0.4 is 10.6 Å². The van der Waals surface area contributed by atoms with Crippen LogP contribution in [0.5, 0.6) is 0 Å². The van der Waals surface area contributed by atoms with Crippen molar-refractivity contribution in [2.75, 3.05) is 32.6 Å². The summed E-state index contributed by atoms with van der Waals surface area (Å²) in [6.45, 7) is 6.05. The van der Waals surface area contributed by atoms with Crippen molar-refractivity contribution in [2.24, 2.45) is 4.99 Å². The van der Waals surface area contributed by atoms with Crippen molar-refractivity contribution >= 4 is 22.8 Å². The Bertz CT molecular complexity index is 317. The molecule has 1 heterocycles. The molecule has 1 rings (SSSR count). The minimum atomic E-state index is 0.0293. The molecule has 110 valence electrons. The molecule has 0 aromatic rings. The molecular weight excluding hydrogens is 262 g/mol. The standard InChI is InChI=1S/C13H25N3O2S/c1-4-13(5-2)10-19-12(16-13)15-7-6-11(17)14-8-9-18-3/h4-10H2,1-3H3,(H,14,17)(H,15,16). The number of ether oxygens (including phenoxy) is 1. The summed E-state index contributed by atoms with van der Waals surface area (Å²) in [5.74, 6) is 1.10. The predicted molar refractivity (Wildman–Crippen MR) is 80.7 cm³/mol. The SMILES string of the molecule is CCC1(CC)CSC(=NCCC(=O)NCCOC)N1. The Labute approximate surface area is 120 Å². The van der Waals surface area contributed by atoms with Crippen LogP contribution in [0.15, 0.2) is 4.99 Å². The van der Waals surface area contributed by atoms with Crippen LogP contribution in [0.3, 0.4) is 0 Å². The number of carbonyl (C=O) groups is 1. The van der Waals surface area contributed by atoms with Crippen LogP contribution in [0.25, 0.3) is 0 Å². The summed E-state index contributed by atoms with van der Waals surface area (Å²) in [6.07, 6.45) is 2.64. The molecule has 1 saturated heterocycles. The predicted octanol–water partition coefficient (Wildman–Crippen LogP) is 1.39. The zero-order valence-electron chi connectivity index (χ0n) is 12.1. The van der Waals surface area contributed by atoms with Crippen LogP contribution in [-0.4, -0.2) is 49.2 Å². The maximum atomic E-state index is 11.5. The van der Waals surface area contributed by atoms with Crippen LogP contribution in [0.1, 0.15) is 33.1 Å². The second-order valence-corrected chi connectivity index (χ2v) is 5.64. The van der Waals surface area contributed by atoms with Gasteiger partial charge in [-0.2, -0.15) is 0 Å². The van der Waals surface area contributed by atoms with E-state index in [4.69, 9.17) is 4.74 Å². The van der Waals surface area contributed by atoms with Gasteiger partial charge < -0.3 is 15.4 Å². The van der Waals surface area contributed by atoms with Gasteiger partial charge in [0.1, 0.15) is 0 Å². The first kappa shape index (κ1) is 16.3. The monoisotopic (exact) mass is 287 g/mol. The van der Waals surface area contributed by atoms with E-state index in [2.05, 4.69) is 29.5 Å². The lowest BCUT2D eigenvalue weighted by Gasteiger charge is -2.25. The summed E-state index contributed by atoms with van der Waals surface area (Å²) in [4.78, 5) is 15.9. The van der Waals surface area contributed by atoms with Crippen molar-refractivity contribution in [1.29, 1.82) is 0 Å². The molecule has 0 radical (unpaired) electrons. The molecular formula is C13H25N3O2S. The number of carbonyl (C=O) groups excluding carboxylic acids is 1. The highest BCUT2D eigenvalue weighted by Crippen LogP contribution is 2.28. The van der Waals surface area contributed by atoms with Gasteiger partial charge in [0.25, 0.3) is 0 Å². The molecule has 0 spiro atoms. The van der Waals surface area contributed by atoms with Crippen molar-refractivity contribution in [3.05, 3.63) is 0 Å². The fourth-order valence-electron chi connectivity index (χ4n) is 1.86. The number of amides is 1. The Morgan fingerprint density at radius 3 is 2.84 bits per heavy atom. The van der Waals surface area contributed by atoms with E-state index >= 15 is 0 Å². The fourth-order valence-corrected chi connectivity index (χ4v) is 3.23. The molecule has 1 amide bonds. The first-order valence-corrected chi connectivity index (χ1v) is 7.85. The molecule has 0 aliphatic carbocycles. The highest BCUT2D eigenvalue weighted by atomic mass is 32.2. The molecule has 0 aromatic carbocycles. The first-order valence-electron chi connectivity index (χ1n) is 6.87. The maximum absolute atomic E-state index is 11.5. The molecule has 1 fully saturated rings. The van der Waals surface area contributed by atoms with E-state index in [-0.39, 0.29) is 11.4 Å². The van der Waals surface area contributed by atoms with E-state index in [9.17, 15) is 4.79 Å². The van der Waals surface area contributed by atoms with Gasteiger partial charge in [0.05, 0.1) is 13.2 Å². The largest absolute Gasteiger partial charge is 0.383 e. The number of rotatable bonds is 8. The summed E-state index contributed by atoms with van der Waals surface area (Å²) < 4.78 is 4.87. The van der Waals surface area contributed by atoms with Gasteiger partial charge in [-0.15, -0.1) is 0 Å². The summed E-state index contributed by atoms with van der Waals surface area (Å²) in [5, 5.41) is 7.26. The van der Waals surface area contributed by atoms with Crippen molar-refractivity contribution in [1.82, 2.24) is 10.6 Å². The topological polar surface area (TPSA) is 62.7 Å². The summed E-state index contributed by atoms with van der Waals surface area (Å²) in [5.41, 5.74) is 0.199. The van der Waals surface area contributed by atoms with Crippen molar-refractivity contribution in [3.8, 4) is 0 Å². The number of aliphatic imine (C=N–C) groups is 1. The molecule has 1 aliphatic heterocycles. The molecule has 19 heavy (non-hydrogen) atoms. The van der Waals surface area contributed by atoms with Crippen molar-refractivity contribution in [2.45, 2.75) is 38.6 Å². The number of nitrogens with one attached hydrogen (secondary N) is 2. The normalized spacial score (nSPS) is 19.4. The number of methoxy groups -OCH3 is 1. The number of hydrogen-bond donors (Lipinski definition) is 2.